The van der Waals surface area contributed by atoms with Crippen molar-refractivity contribution in [2.75, 3.05) is 12.9 Å². The van der Waals surface area contributed by atoms with E-state index in [0.29, 0.717) is 6.42 Å². The minimum absolute atomic E-state index is 0.220. The van der Waals surface area contributed by atoms with Crippen LogP contribution in [0, 0.1) is 0 Å². The van der Waals surface area contributed by atoms with Crippen molar-refractivity contribution < 1.29 is 22.2 Å². The normalized spacial score (nSPS) is 12.6. The molecule has 1 aromatic rings. The van der Waals surface area contributed by atoms with Gasteiger partial charge in [0.1, 0.15) is 7.11 Å². The molecule has 0 aromatic carbocycles. The monoisotopic (exact) mass is 312 g/mol. The molecule has 19 heavy (non-hydrogen) atoms. The highest BCUT2D eigenvalue weighted by Gasteiger charge is 2.12. The van der Waals surface area contributed by atoms with E-state index in [0.717, 1.165) is 4.88 Å². The van der Waals surface area contributed by atoms with E-state index in [-0.39, 0.29) is 10.1 Å². The SMILES string of the molecule is CON=CCc1cnc(S(=O)CCC(F)=C(F)F)s1. The molecular weight excluding hydrogens is 301 g/mol. The van der Waals surface area contributed by atoms with Gasteiger partial charge in [-0.1, -0.05) is 5.16 Å². The number of aromatic nitrogens is 1. The third-order valence-corrected chi connectivity index (χ3v) is 4.60. The lowest BCUT2D eigenvalue weighted by molar-refractivity contribution is 0.215. The maximum Gasteiger partial charge on any atom is 0.301 e. The summed E-state index contributed by atoms with van der Waals surface area (Å²) in [4.78, 5) is 9.19. The summed E-state index contributed by atoms with van der Waals surface area (Å²) >= 11 is 1.17. The second-order valence-corrected chi connectivity index (χ2v) is 6.09. The van der Waals surface area contributed by atoms with Gasteiger partial charge in [-0.2, -0.15) is 8.78 Å². The van der Waals surface area contributed by atoms with Crippen LogP contribution in [0.5, 0.6) is 0 Å². The van der Waals surface area contributed by atoms with E-state index in [4.69, 9.17) is 0 Å². The van der Waals surface area contributed by atoms with E-state index in [1.807, 2.05) is 0 Å². The van der Waals surface area contributed by atoms with Crippen LogP contribution in [0.4, 0.5) is 13.2 Å². The average molecular weight is 312 g/mol. The highest BCUT2D eigenvalue weighted by atomic mass is 32.2. The summed E-state index contributed by atoms with van der Waals surface area (Å²) in [5.74, 6) is -1.75. The molecule has 0 aliphatic heterocycles. The van der Waals surface area contributed by atoms with Gasteiger partial charge < -0.3 is 4.84 Å². The second-order valence-electron chi connectivity index (χ2n) is 3.23. The van der Waals surface area contributed by atoms with Crippen molar-refractivity contribution in [2.24, 2.45) is 5.16 Å². The van der Waals surface area contributed by atoms with Crippen molar-refractivity contribution in [3.05, 3.63) is 23.0 Å². The number of allylic oxidation sites excluding steroid dienone is 1. The van der Waals surface area contributed by atoms with Gasteiger partial charge in [-0.05, 0) is 0 Å². The number of halogens is 3. The Kier molecular flexibility index (Phi) is 6.71. The molecule has 9 heteroatoms. The zero-order valence-electron chi connectivity index (χ0n) is 9.94. The standard InChI is InChI=1S/C10H11F3N2O2S2/c1-17-15-4-2-7-6-14-10(18-7)19(16)5-3-8(11)9(12)13/h4,6H,2-3,5H2,1H3. The lowest BCUT2D eigenvalue weighted by atomic mass is 10.4. The fourth-order valence-corrected chi connectivity index (χ4v) is 3.30. The molecule has 0 spiro atoms. The fraction of sp³-hybridized carbons (Fsp3) is 0.400. The molecule has 106 valence electrons. The third-order valence-electron chi connectivity index (χ3n) is 1.91. The van der Waals surface area contributed by atoms with E-state index < -0.39 is 29.1 Å². The van der Waals surface area contributed by atoms with Crippen molar-refractivity contribution in [3.8, 4) is 0 Å². The lowest BCUT2D eigenvalue weighted by Gasteiger charge is -1.96. The van der Waals surface area contributed by atoms with Crippen molar-refractivity contribution in [2.45, 2.75) is 17.2 Å². The van der Waals surface area contributed by atoms with Crippen LogP contribution in [0.1, 0.15) is 11.3 Å². The van der Waals surface area contributed by atoms with Crippen LogP contribution in [0.3, 0.4) is 0 Å². The highest BCUT2D eigenvalue weighted by Crippen LogP contribution is 2.20. The molecule has 1 atom stereocenters. The second kappa shape index (κ2) is 8.05. The first-order valence-corrected chi connectivity index (χ1v) is 7.25. The van der Waals surface area contributed by atoms with E-state index in [1.54, 1.807) is 0 Å². The number of rotatable bonds is 7. The maximum atomic E-state index is 12.6. The summed E-state index contributed by atoms with van der Waals surface area (Å²) < 4.78 is 48.2. The summed E-state index contributed by atoms with van der Waals surface area (Å²) in [6.07, 6.45) is 0.570. The molecule has 0 amide bonds. The zero-order chi connectivity index (χ0) is 14.3. The van der Waals surface area contributed by atoms with Gasteiger partial charge in [-0.25, -0.2) is 9.37 Å². The Bertz CT molecular complexity index is 499. The molecule has 0 aliphatic rings. The molecule has 0 saturated heterocycles. The number of hydrogen-bond acceptors (Lipinski definition) is 5. The minimum Gasteiger partial charge on any atom is -0.399 e. The number of oxime groups is 1. The summed E-state index contributed by atoms with van der Waals surface area (Å²) in [7, 11) is -0.170. The first kappa shape index (κ1) is 15.8. The molecule has 0 N–H and O–H groups in total. The van der Waals surface area contributed by atoms with E-state index in [9.17, 15) is 17.4 Å². The lowest BCUT2D eigenvalue weighted by Crippen LogP contribution is -1.98. The van der Waals surface area contributed by atoms with Gasteiger partial charge in [0.15, 0.2) is 10.2 Å². The summed E-state index contributed by atoms with van der Waals surface area (Å²) in [5.41, 5.74) is 0. The van der Waals surface area contributed by atoms with E-state index >= 15 is 0 Å². The molecule has 1 unspecified atom stereocenters. The molecule has 0 saturated carbocycles. The quantitative estimate of drug-likeness (QED) is 0.574. The van der Waals surface area contributed by atoms with Crippen LogP contribution >= 0.6 is 11.3 Å². The predicted octanol–water partition coefficient (Wildman–Crippen LogP) is 2.89. The number of nitrogens with zero attached hydrogens (tertiary/aromatic N) is 2. The van der Waals surface area contributed by atoms with Crippen molar-refractivity contribution in [1.29, 1.82) is 0 Å². The van der Waals surface area contributed by atoms with Gasteiger partial charge in [-0.15, -0.1) is 11.3 Å². The summed E-state index contributed by atoms with van der Waals surface area (Å²) in [6.45, 7) is 0. The van der Waals surface area contributed by atoms with Crippen LogP contribution in [0.15, 0.2) is 27.6 Å². The molecule has 1 rings (SSSR count). The van der Waals surface area contributed by atoms with Gasteiger partial charge in [0, 0.05) is 35.9 Å². The van der Waals surface area contributed by atoms with Crippen LogP contribution in [-0.4, -0.2) is 28.3 Å². The van der Waals surface area contributed by atoms with Gasteiger partial charge in [0.25, 0.3) is 0 Å². The summed E-state index contributed by atoms with van der Waals surface area (Å²) in [5, 5.41) is 3.54. The van der Waals surface area contributed by atoms with Gasteiger partial charge >= 0.3 is 6.08 Å². The largest absolute Gasteiger partial charge is 0.399 e. The molecular formula is C10H11F3N2O2S2. The molecule has 4 nitrogen and oxygen atoms in total. The Morgan fingerprint density at radius 1 is 1.58 bits per heavy atom. The average Bonchev–Trinajstić information content (AvgIpc) is 2.84. The topological polar surface area (TPSA) is 51.6 Å². The van der Waals surface area contributed by atoms with Crippen LogP contribution < -0.4 is 0 Å². The van der Waals surface area contributed by atoms with E-state index in [1.165, 1.54) is 30.9 Å². The Balaban J connectivity index is 2.54. The third kappa shape index (κ3) is 5.52. The van der Waals surface area contributed by atoms with Gasteiger partial charge in [-0.3, -0.25) is 4.21 Å². The van der Waals surface area contributed by atoms with Crippen LogP contribution in [0.25, 0.3) is 0 Å². The Morgan fingerprint density at radius 3 is 2.95 bits per heavy atom. The molecule has 1 heterocycles. The van der Waals surface area contributed by atoms with Gasteiger partial charge in [0.2, 0.25) is 0 Å². The molecule has 0 fully saturated rings. The van der Waals surface area contributed by atoms with Crippen LogP contribution in [-0.2, 0) is 22.1 Å². The number of thiazole rings is 1. The van der Waals surface area contributed by atoms with Gasteiger partial charge in [0.05, 0.1) is 10.8 Å². The molecule has 0 radical (unpaired) electrons. The number of hydrogen-bond donors (Lipinski definition) is 0. The highest BCUT2D eigenvalue weighted by molar-refractivity contribution is 7.87. The maximum absolute atomic E-state index is 12.6. The first-order valence-electron chi connectivity index (χ1n) is 5.12. The first-order chi connectivity index (χ1) is 9.04. The molecule has 0 aliphatic carbocycles. The Morgan fingerprint density at radius 2 is 2.32 bits per heavy atom. The van der Waals surface area contributed by atoms with Crippen molar-refractivity contribution >= 4 is 28.4 Å². The summed E-state index contributed by atoms with van der Waals surface area (Å²) in [6, 6.07) is 0. The van der Waals surface area contributed by atoms with Crippen molar-refractivity contribution in [3.63, 3.8) is 0 Å². The molecule has 1 aromatic heterocycles. The Labute approximate surface area is 114 Å². The Hall–Kier alpha value is -1.22. The minimum atomic E-state index is -2.37. The van der Waals surface area contributed by atoms with Crippen molar-refractivity contribution in [1.82, 2.24) is 4.98 Å². The zero-order valence-corrected chi connectivity index (χ0v) is 11.6. The fourth-order valence-electron chi connectivity index (χ4n) is 1.06. The smallest absolute Gasteiger partial charge is 0.301 e. The van der Waals surface area contributed by atoms with E-state index in [2.05, 4.69) is 15.0 Å². The predicted molar refractivity (Wildman–Crippen MR) is 67.6 cm³/mol. The van der Waals surface area contributed by atoms with Crippen LogP contribution in [0.2, 0.25) is 0 Å². The molecule has 0 bridgehead atoms.